The number of likely N-dealkylation sites (N-methyl/N-ethyl adjacent to an activating group) is 1. The van der Waals surface area contributed by atoms with Crippen molar-refractivity contribution in [3.8, 4) is 0 Å². The van der Waals surface area contributed by atoms with E-state index >= 15 is 0 Å². The van der Waals surface area contributed by atoms with E-state index in [-0.39, 0.29) is 11.8 Å². The molecule has 0 spiro atoms. The monoisotopic (exact) mass is 325 g/mol. The van der Waals surface area contributed by atoms with Crippen LogP contribution in [0.4, 0.5) is 0 Å². The molecule has 1 saturated heterocycles. The maximum Gasteiger partial charge on any atom is 0.256 e. The largest absolute Gasteiger partial charge is 0.340 e. The number of hydrogen-bond acceptors (Lipinski definition) is 3. The smallest absolute Gasteiger partial charge is 0.256 e. The molecular weight excluding hydrogens is 304 g/mol. The number of carbonyl (C=O) groups excluding carboxylic acids is 2. The number of halogens is 1. The van der Waals surface area contributed by atoms with Gasteiger partial charge in [-0.25, -0.2) is 5.01 Å². The Labute approximate surface area is 135 Å². The molecule has 6 nitrogen and oxygen atoms in total. The maximum absolute atomic E-state index is 12.1. The molecule has 0 bridgehead atoms. The molecule has 120 valence electrons. The normalized spacial score (nSPS) is 17.8. The summed E-state index contributed by atoms with van der Waals surface area (Å²) in [6.45, 7) is 5.25. The number of nitrogens with one attached hydrogen (secondary N) is 3. The van der Waals surface area contributed by atoms with Crippen LogP contribution in [-0.4, -0.2) is 56.1 Å². The van der Waals surface area contributed by atoms with Crippen molar-refractivity contribution in [2.24, 2.45) is 0 Å². The van der Waals surface area contributed by atoms with E-state index in [2.05, 4.69) is 17.8 Å². The fourth-order valence-electron chi connectivity index (χ4n) is 2.24. The SMILES string of the molecule is C[C@H](NC(=O)c1ccccc1Cl)C(=O)NN1CC[NH+](C)CC1. The molecule has 1 atom stereocenters. The molecule has 0 radical (unpaired) electrons. The Morgan fingerprint density at radius 1 is 1.27 bits per heavy atom. The van der Waals surface area contributed by atoms with Gasteiger partial charge in [-0.3, -0.25) is 15.0 Å². The molecule has 22 heavy (non-hydrogen) atoms. The van der Waals surface area contributed by atoms with E-state index in [9.17, 15) is 9.59 Å². The zero-order chi connectivity index (χ0) is 16.1. The van der Waals surface area contributed by atoms with Crippen molar-refractivity contribution in [1.29, 1.82) is 0 Å². The minimum Gasteiger partial charge on any atom is -0.340 e. The number of nitrogens with zero attached hydrogens (tertiary/aromatic N) is 1. The molecule has 1 aliphatic heterocycles. The second-order valence-electron chi connectivity index (χ2n) is 5.60. The molecule has 2 rings (SSSR count). The van der Waals surface area contributed by atoms with Crippen LogP contribution in [0.1, 0.15) is 17.3 Å². The average Bonchev–Trinajstić information content (AvgIpc) is 2.49. The van der Waals surface area contributed by atoms with Crippen LogP contribution in [0, 0.1) is 0 Å². The third-order valence-corrected chi connectivity index (χ3v) is 4.07. The standard InChI is InChI=1S/C15H21ClN4O2/c1-11(14(21)18-20-9-7-19(2)8-10-20)17-15(22)12-5-3-4-6-13(12)16/h3-6,11H,7-10H2,1-2H3,(H,17,22)(H,18,21)/p+1/t11-/m0/s1. The summed E-state index contributed by atoms with van der Waals surface area (Å²) in [4.78, 5) is 25.7. The van der Waals surface area contributed by atoms with Gasteiger partial charge in [-0.2, -0.15) is 0 Å². The van der Waals surface area contributed by atoms with Crippen LogP contribution in [0.2, 0.25) is 5.02 Å². The van der Waals surface area contributed by atoms with Crippen molar-refractivity contribution >= 4 is 23.4 Å². The second kappa shape index (κ2) is 7.58. The second-order valence-corrected chi connectivity index (χ2v) is 6.00. The average molecular weight is 326 g/mol. The summed E-state index contributed by atoms with van der Waals surface area (Å²) in [5.41, 5.74) is 3.21. The summed E-state index contributed by atoms with van der Waals surface area (Å²) in [6, 6.07) is 6.14. The molecule has 1 aromatic rings. The molecule has 1 fully saturated rings. The molecule has 1 aromatic carbocycles. The van der Waals surface area contributed by atoms with Gasteiger partial charge in [0.25, 0.3) is 11.8 Å². The molecule has 1 aliphatic rings. The predicted molar refractivity (Wildman–Crippen MR) is 84.7 cm³/mol. The van der Waals surface area contributed by atoms with E-state index in [1.807, 2.05) is 5.01 Å². The van der Waals surface area contributed by atoms with Gasteiger partial charge in [0, 0.05) is 0 Å². The summed E-state index contributed by atoms with van der Waals surface area (Å²) < 4.78 is 0. The third-order valence-electron chi connectivity index (χ3n) is 3.74. The van der Waals surface area contributed by atoms with Crippen LogP contribution >= 0.6 is 11.6 Å². The molecule has 7 heteroatoms. The van der Waals surface area contributed by atoms with Gasteiger partial charge in [-0.15, -0.1) is 0 Å². The van der Waals surface area contributed by atoms with Crippen molar-refractivity contribution in [2.75, 3.05) is 33.2 Å². The van der Waals surface area contributed by atoms with Crippen molar-refractivity contribution in [1.82, 2.24) is 15.8 Å². The third kappa shape index (κ3) is 4.43. The lowest BCUT2D eigenvalue weighted by Crippen LogP contribution is -3.12. The van der Waals surface area contributed by atoms with Crippen LogP contribution in [0.25, 0.3) is 0 Å². The Balaban J connectivity index is 1.86. The molecule has 0 aliphatic carbocycles. The van der Waals surface area contributed by atoms with Crippen LogP contribution in [0.15, 0.2) is 24.3 Å². The number of quaternary nitrogens is 1. The van der Waals surface area contributed by atoms with Gasteiger partial charge in [-0.05, 0) is 19.1 Å². The van der Waals surface area contributed by atoms with E-state index in [1.165, 1.54) is 4.90 Å². The number of amides is 2. The number of benzene rings is 1. The first-order chi connectivity index (χ1) is 10.5. The van der Waals surface area contributed by atoms with E-state index in [1.54, 1.807) is 31.2 Å². The quantitative estimate of drug-likeness (QED) is 0.687. The van der Waals surface area contributed by atoms with Crippen molar-refractivity contribution in [3.63, 3.8) is 0 Å². The van der Waals surface area contributed by atoms with Gasteiger partial charge in [-0.1, -0.05) is 23.7 Å². The minimum atomic E-state index is -0.629. The number of piperazine rings is 1. The first kappa shape index (κ1) is 16.7. The van der Waals surface area contributed by atoms with E-state index in [4.69, 9.17) is 11.6 Å². The summed E-state index contributed by atoms with van der Waals surface area (Å²) in [5.74, 6) is -0.573. The van der Waals surface area contributed by atoms with Gasteiger partial charge in [0.15, 0.2) is 0 Å². The van der Waals surface area contributed by atoms with Crippen LogP contribution in [-0.2, 0) is 4.79 Å². The Hall–Kier alpha value is -1.63. The maximum atomic E-state index is 12.1. The highest BCUT2D eigenvalue weighted by atomic mass is 35.5. The Kier molecular flexibility index (Phi) is 5.76. The summed E-state index contributed by atoms with van der Waals surface area (Å²) in [5, 5.41) is 4.93. The van der Waals surface area contributed by atoms with Crippen molar-refractivity contribution in [2.45, 2.75) is 13.0 Å². The Morgan fingerprint density at radius 3 is 2.55 bits per heavy atom. The highest BCUT2D eigenvalue weighted by molar-refractivity contribution is 6.33. The molecule has 0 aromatic heterocycles. The van der Waals surface area contributed by atoms with Gasteiger partial charge in [0.2, 0.25) is 0 Å². The molecule has 0 unspecified atom stereocenters. The van der Waals surface area contributed by atoms with Gasteiger partial charge >= 0.3 is 0 Å². The van der Waals surface area contributed by atoms with Crippen LogP contribution in [0.3, 0.4) is 0 Å². The predicted octanol–water partition coefficient (Wildman–Crippen LogP) is -0.680. The van der Waals surface area contributed by atoms with Crippen molar-refractivity contribution in [3.05, 3.63) is 34.9 Å². The fraction of sp³-hybridized carbons (Fsp3) is 0.467. The lowest BCUT2D eigenvalue weighted by Gasteiger charge is -2.31. The number of hydrazine groups is 1. The first-order valence-electron chi connectivity index (χ1n) is 7.39. The van der Waals surface area contributed by atoms with Crippen LogP contribution in [0.5, 0.6) is 0 Å². The van der Waals surface area contributed by atoms with Gasteiger partial charge in [0.05, 0.1) is 43.8 Å². The fourth-order valence-corrected chi connectivity index (χ4v) is 2.46. The van der Waals surface area contributed by atoms with Gasteiger partial charge < -0.3 is 10.2 Å². The zero-order valence-corrected chi connectivity index (χ0v) is 13.6. The van der Waals surface area contributed by atoms with Gasteiger partial charge in [0.1, 0.15) is 6.04 Å². The number of carbonyl (C=O) groups is 2. The molecule has 2 amide bonds. The number of hydrogen-bond donors (Lipinski definition) is 3. The lowest BCUT2D eigenvalue weighted by molar-refractivity contribution is -0.884. The Bertz CT molecular complexity index is 544. The van der Waals surface area contributed by atoms with E-state index in [0.717, 1.165) is 26.2 Å². The van der Waals surface area contributed by atoms with E-state index in [0.29, 0.717) is 10.6 Å². The minimum absolute atomic E-state index is 0.222. The van der Waals surface area contributed by atoms with Crippen molar-refractivity contribution < 1.29 is 14.5 Å². The van der Waals surface area contributed by atoms with Crippen LogP contribution < -0.4 is 15.6 Å². The molecule has 1 heterocycles. The molecular formula is C15H22ClN4O2+. The highest BCUT2D eigenvalue weighted by Crippen LogP contribution is 2.14. The first-order valence-corrected chi connectivity index (χ1v) is 7.77. The lowest BCUT2D eigenvalue weighted by atomic mass is 10.2. The topological polar surface area (TPSA) is 65.9 Å². The van der Waals surface area contributed by atoms with E-state index < -0.39 is 6.04 Å². The Morgan fingerprint density at radius 2 is 1.91 bits per heavy atom. The summed E-state index contributed by atoms with van der Waals surface area (Å²) in [7, 11) is 2.13. The number of rotatable bonds is 4. The molecule has 0 saturated carbocycles. The highest BCUT2D eigenvalue weighted by Gasteiger charge is 2.22. The zero-order valence-electron chi connectivity index (χ0n) is 12.9. The molecule has 3 N–H and O–H groups in total. The summed E-state index contributed by atoms with van der Waals surface area (Å²) >= 11 is 5.98. The summed E-state index contributed by atoms with van der Waals surface area (Å²) in [6.07, 6.45) is 0.